The highest BCUT2D eigenvalue weighted by Gasteiger charge is 2.29. The molecule has 1 aliphatic heterocycles. The molecule has 0 bridgehead atoms. The third-order valence-electron chi connectivity index (χ3n) is 3.09. The van der Waals surface area contributed by atoms with E-state index in [-0.39, 0.29) is 38.9 Å². The fraction of sp³-hybridized carbons (Fsp3) is 0.455. The van der Waals surface area contributed by atoms with Crippen molar-refractivity contribution >= 4 is 43.1 Å². The molecule has 1 atom stereocenters. The van der Waals surface area contributed by atoms with Crippen LogP contribution in [0, 0.1) is 5.92 Å². The van der Waals surface area contributed by atoms with Crippen LogP contribution in [-0.2, 0) is 19.9 Å². The van der Waals surface area contributed by atoms with Gasteiger partial charge in [-0.25, -0.2) is 21.6 Å². The smallest absolute Gasteiger partial charge is 0.229 e. The van der Waals surface area contributed by atoms with Crippen LogP contribution >= 0.6 is 23.2 Å². The van der Waals surface area contributed by atoms with E-state index in [9.17, 15) is 16.8 Å². The lowest BCUT2D eigenvalue weighted by molar-refractivity contribution is 0.543. The van der Waals surface area contributed by atoms with Gasteiger partial charge in [0.15, 0.2) is 9.84 Å². The number of sulfonamides is 1. The maximum Gasteiger partial charge on any atom is 0.240 e. The predicted octanol–water partition coefficient (Wildman–Crippen LogP) is 1.71. The topological polar surface area (TPSA) is 80.3 Å². The molecule has 1 unspecified atom stereocenters. The first-order valence-corrected chi connectivity index (χ1v) is 9.91. The Bertz CT molecular complexity index is 716. The minimum absolute atomic E-state index is 0.00718. The van der Waals surface area contributed by atoms with E-state index in [0.717, 1.165) is 0 Å². The molecule has 0 radical (unpaired) electrons. The fourth-order valence-electron chi connectivity index (χ4n) is 1.99. The lowest BCUT2D eigenvalue weighted by Gasteiger charge is -2.11. The van der Waals surface area contributed by atoms with Crippen LogP contribution in [0.2, 0.25) is 10.0 Å². The Hall–Kier alpha value is -0.340. The normalized spacial score (nSPS) is 22.0. The molecule has 0 saturated carbocycles. The number of rotatable bonds is 4. The van der Waals surface area contributed by atoms with Crippen LogP contribution in [0.3, 0.4) is 0 Å². The molecule has 20 heavy (non-hydrogen) atoms. The van der Waals surface area contributed by atoms with E-state index in [1.54, 1.807) is 0 Å². The molecule has 1 aromatic carbocycles. The molecule has 1 saturated heterocycles. The summed E-state index contributed by atoms with van der Waals surface area (Å²) in [5.41, 5.74) is 0. The maximum atomic E-state index is 12.1. The van der Waals surface area contributed by atoms with Gasteiger partial charge in [-0.3, -0.25) is 0 Å². The minimum Gasteiger partial charge on any atom is -0.229 e. The number of sulfone groups is 1. The van der Waals surface area contributed by atoms with Gasteiger partial charge >= 0.3 is 0 Å². The van der Waals surface area contributed by atoms with Crippen molar-refractivity contribution in [3.8, 4) is 0 Å². The third kappa shape index (κ3) is 3.85. The molecule has 1 aliphatic rings. The van der Waals surface area contributed by atoms with Crippen LogP contribution in [0.4, 0.5) is 0 Å². The number of halogens is 2. The molecule has 0 spiro atoms. The summed E-state index contributed by atoms with van der Waals surface area (Å²) < 4.78 is 49.1. The largest absolute Gasteiger partial charge is 0.240 e. The van der Waals surface area contributed by atoms with Crippen LogP contribution in [0.25, 0.3) is 0 Å². The summed E-state index contributed by atoms with van der Waals surface area (Å²) in [5, 5.41) is 0.422. The summed E-state index contributed by atoms with van der Waals surface area (Å²) in [6.45, 7) is 0.0990. The van der Waals surface area contributed by atoms with Gasteiger partial charge in [0.05, 0.1) is 26.4 Å². The van der Waals surface area contributed by atoms with E-state index >= 15 is 0 Å². The standard InChI is InChI=1S/C11H13Cl2NO4S2/c12-10-2-1-9(5-11(10)13)20(17,18)14-6-8-3-4-19(15,16)7-8/h1-2,5,8,14H,3-4,6-7H2. The second-order valence-corrected chi connectivity index (χ2v) is 9.51. The zero-order chi connectivity index (χ0) is 15.0. The summed E-state index contributed by atoms with van der Waals surface area (Å²) >= 11 is 11.5. The number of nitrogens with one attached hydrogen (secondary N) is 1. The zero-order valence-electron chi connectivity index (χ0n) is 10.3. The molecular formula is C11H13Cl2NO4S2. The molecule has 1 fully saturated rings. The Balaban J connectivity index is 2.06. The van der Waals surface area contributed by atoms with E-state index in [2.05, 4.69) is 4.72 Å². The first-order chi connectivity index (χ1) is 9.20. The Kier molecular flexibility index (Phi) is 4.66. The minimum atomic E-state index is -3.71. The molecule has 0 amide bonds. The van der Waals surface area contributed by atoms with Crippen molar-refractivity contribution in [1.82, 2.24) is 4.72 Å². The highest BCUT2D eigenvalue weighted by atomic mass is 35.5. The van der Waals surface area contributed by atoms with Crippen LogP contribution < -0.4 is 4.72 Å². The Morgan fingerprint density at radius 2 is 1.95 bits per heavy atom. The van der Waals surface area contributed by atoms with Crippen molar-refractivity contribution in [3.05, 3.63) is 28.2 Å². The van der Waals surface area contributed by atoms with Crippen LogP contribution in [0.1, 0.15) is 6.42 Å². The summed E-state index contributed by atoms with van der Waals surface area (Å²) in [7, 11) is -6.73. The van der Waals surface area contributed by atoms with Crippen molar-refractivity contribution < 1.29 is 16.8 Å². The summed E-state index contributed by atoms with van der Waals surface area (Å²) in [5.74, 6) is -0.0409. The molecule has 9 heteroatoms. The Morgan fingerprint density at radius 3 is 2.50 bits per heavy atom. The van der Waals surface area contributed by atoms with Crippen molar-refractivity contribution in [1.29, 1.82) is 0 Å². The highest BCUT2D eigenvalue weighted by molar-refractivity contribution is 7.91. The van der Waals surface area contributed by atoms with E-state index in [1.165, 1.54) is 18.2 Å². The lowest BCUT2D eigenvalue weighted by Crippen LogP contribution is -2.30. The van der Waals surface area contributed by atoms with Crippen molar-refractivity contribution in [2.75, 3.05) is 18.1 Å². The van der Waals surface area contributed by atoms with Gasteiger partial charge in [-0.15, -0.1) is 0 Å². The van der Waals surface area contributed by atoms with E-state index < -0.39 is 19.9 Å². The molecule has 2 rings (SSSR count). The molecule has 1 N–H and O–H groups in total. The SMILES string of the molecule is O=S1(=O)CCC(CNS(=O)(=O)c2ccc(Cl)c(Cl)c2)C1. The molecule has 0 aliphatic carbocycles. The number of hydrogen-bond donors (Lipinski definition) is 1. The molecule has 1 aromatic rings. The van der Waals surface area contributed by atoms with Crippen molar-refractivity contribution in [2.45, 2.75) is 11.3 Å². The van der Waals surface area contributed by atoms with Gasteiger partial charge in [0, 0.05) is 6.54 Å². The summed E-state index contributed by atoms with van der Waals surface area (Å²) in [6, 6.07) is 4.01. The zero-order valence-corrected chi connectivity index (χ0v) is 13.5. The Morgan fingerprint density at radius 1 is 1.25 bits per heavy atom. The average molecular weight is 358 g/mol. The van der Waals surface area contributed by atoms with Crippen LogP contribution in [-0.4, -0.2) is 34.9 Å². The second-order valence-electron chi connectivity index (χ2n) is 4.70. The van der Waals surface area contributed by atoms with Crippen LogP contribution in [0.15, 0.2) is 23.1 Å². The molecular weight excluding hydrogens is 345 g/mol. The number of benzene rings is 1. The van der Waals surface area contributed by atoms with Gasteiger partial charge < -0.3 is 0 Å². The molecule has 0 aromatic heterocycles. The van der Waals surface area contributed by atoms with Gasteiger partial charge in [-0.05, 0) is 30.5 Å². The van der Waals surface area contributed by atoms with Gasteiger partial charge in [0.25, 0.3) is 0 Å². The van der Waals surface area contributed by atoms with Gasteiger partial charge in [0.1, 0.15) is 0 Å². The first-order valence-electron chi connectivity index (χ1n) is 5.85. The Labute approximate surface area is 128 Å². The maximum absolute atomic E-state index is 12.1. The highest BCUT2D eigenvalue weighted by Crippen LogP contribution is 2.25. The average Bonchev–Trinajstić information content (AvgIpc) is 2.70. The van der Waals surface area contributed by atoms with Crippen LogP contribution in [0.5, 0.6) is 0 Å². The summed E-state index contributed by atoms with van der Waals surface area (Å²) in [4.78, 5) is 0.00718. The first kappa shape index (κ1) is 16.0. The van der Waals surface area contributed by atoms with E-state index in [4.69, 9.17) is 23.2 Å². The predicted molar refractivity (Wildman–Crippen MR) is 78.4 cm³/mol. The lowest BCUT2D eigenvalue weighted by atomic mass is 10.1. The second kappa shape index (κ2) is 5.81. The third-order valence-corrected chi connectivity index (χ3v) is 7.09. The van der Waals surface area contributed by atoms with Gasteiger partial charge in [-0.1, -0.05) is 23.2 Å². The van der Waals surface area contributed by atoms with Crippen molar-refractivity contribution in [3.63, 3.8) is 0 Å². The molecule has 112 valence electrons. The van der Waals surface area contributed by atoms with E-state index in [0.29, 0.717) is 6.42 Å². The molecule has 5 nitrogen and oxygen atoms in total. The number of hydrogen-bond acceptors (Lipinski definition) is 4. The van der Waals surface area contributed by atoms with Gasteiger partial charge in [0.2, 0.25) is 10.0 Å². The van der Waals surface area contributed by atoms with Crippen molar-refractivity contribution in [2.24, 2.45) is 5.92 Å². The van der Waals surface area contributed by atoms with Gasteiger partial charge in [-0.2, -0.15) is 0 Å². The van der Waals surface area contributed by atoms with E-state index in [1.807, 2.05) is 0 Å². The fourth-order valence-corrected chi connectivity index (χ4v) is 5.35. The molecule has 1 heterocycles. The summed E-state index contributed by atoms with van der Waals surface area (Å²) in [6.07, 6.45) is 0.478. The quantitative estimate of drug-likeness (QED) is 0.889. The monoisotopic (exact) mass is 357 g/mol.